The van der Waals surface area contributed by atoms with Crippen LogP contribution in [0.4, 0.5) is 0 Å². The van der Waals surface area contributed by atoms with Crippen LogP contribution < -0.4 is 0 Å². The maximum atomic E-state index is 3.88. The second kappa shape index (κ2) is 5.27. The Labute approximate surface area is 108 Å². The standard InChI is InChI=1S/C15H24NSi/c1-5-11-16-12-7-9-14(16)13-8-6-10-15(13)17(2,3)4/h5-6,8,10,14H,1,7,9,11-12H2,2-4H3/t14-/m1/s1. The fraction of sp³-hybridized carbons (Fsp3) is 0.533. The zero-order valence-corrected chi connectivity index (χ0v) is 12.4. The Morgan fingerprint density at radius 1 is 1.41 bits per heavy atom. The molecule has 1 nitrogen and oxygen atoms in total. The summed E-state index contributed by atoms with van der Waals surface area (Å²) in [7, 11) is -1.20. The topological polar surface area (TPSA) is 3.24 Å². The molecule has 0 amide bonds. The molecule has 0 aromatic heterocycles. The molecule has 0 spiro atoms. The van der Waals surface area contributed by atoms with Gasteiger partial charge in [-0.1, -0.05) is 25.7 Å². The van der Waals surface area contributed by atoms with Gasteiger partial charge >= 0.3 is 0 Å². The summed E-state index contributed by atoms with van der Waals surface area (Å²) in [5.74, 6) is 1.60. The van der Waals surface area contributed by atoms with Crippen LogP contribution in [0, 0.1) is 30.7 Å². The van der Waals surface area contributed by atoms with Crippen molar-refractivity contribution in [2.45, 2.75) is 38.5 Å². The Morgan fingerprint density at radius 3 is 2.82 bits per heavy atom. The minimum atomic E-state index is -1.20. The molecule has 0 aromatic carbocycles. The lowest BCUT2D eigenvalue weighted by Crippen LogP contribution is -2.42. The van der Waals surface area contributed by atoms with E-state index in [1.807, 2.05) is 6.08 Å². The summed E-state index contributed by atoms with van der Waals surface area (Å²) in [6, 6.07) is 0.643. The van der Waals surface area contributed by atoms with Crippen molar-refractivity contribution in [3.05, 3.63) is 43.4 Å². The highest BCUT2D eigenvalue weighted by Gasteiger charge is 2.44. The first kappa shape index (κ1) is 13.4. The van der Waals surface area contributed by atoms with Crippen LogP contribution in [0.3, 0.4) is 0 Å². The van der Waals surface area contributed by atoms with E-state index in [1.54, 1.807) is 11.5 Å². The lowest BCUT2D eigenvalue weighted by atomic mass is 9.95. The first-order chi connectivity index (χ1) is 8.04. The van der Waals surface area contributed by atoms with E-state index >= 15 is 0 Å². The summed E-state index contributed by atoms with van der Waals surface area (Å²) >= 11 is 0. The van der Waals surface area contributed by atoms with E-state index in [4.69, 9.17) is 0 Å². The average Bonchev–Trinajstić information content (AvgIpc) is 2.82. The first-order valence-electron chi connectivity index (χ1n) is 6.65. The summed E-state index contributed by atoms with van der Waals surface area (Å²) in [5.41, 5.74) is 1.65. The molecule has 2 aliphatic rings. The van der Waals surface area contributed by atoms with Crippen LogP contribution in [-0.2, 0) is 0 Å². The Hall–Kier alpha value is -0.0831. The van der Waals surface area contributed by atoms with Gasteiger partial charge in [0, 0.05) is 18.5 Å². The van der Waals surface area contributed by atoms with Crippen molar-refractivity contribution in [3.63, 3.8) is 0 Å². The van der Waals surface area contributed by atoms with E-state index in [1.165, 1.54) is 19.4 Å². The second-order valence-electron chi connectivity index (χ2n) is 6.09. The molecule has 17 heavy (non-hydrogen) atoms. The molecule has 0 aromatic rings. The van der Waals surface area contributed by atoms with Gasteiger partial charge in [0.25, 0.3) is 0 Å². The highest BCUT2D eigenvalue weighted by molar-refractivity contribution is 6.82. The minimum absolute atomic E-state index is 0.643. The van der Waals surface area contributed by atoms with Gasteiger partial charge < -0.3 is 0 Å². The van der Waals surface area contributed by atoms with Crippen molar-refractivity contribution < 1.29 is 0 Å². The van der Waals surface area contributed by atoms with Gasteiger partial charge in [-0.05, 0) is 44.2 Å². The largest absolute Gasteiger partial charge is 0.296 e. The summed E-state index contributed by atoms with van der Waals surface area (Å²) in [5, 5.41) is 0. The van der Waals surface area contributed by atoms with E-state index in [2.05, 4.69) is 50.4 Å². The SMILES string of the molecule is C=CCN1CCC[C@@H]1[C]1[CH][CH][CH][C]1[Si](C)(C)C. The predicted octanol–water partition coefficient (Wildman–Crippen LogP) is 3.29. The fourth-order valence-electron chi connectivity index (χ4n) is 2.97. The Morgan fingerprint density at radius 2 is 2.18 bits per heavy atom. The third-order valence-electron chi connectivity index (χ3n) is 3.74. The van der Waals surface area contributed by atoms with Gasteiger partial charge in [-0.2, -0.15) is 0 Å². The van der Waals surface area contributed by atoms with E-state index in [0.29, 0.717) is 6.04 Å². The molecule has 1 atom stereocenters. The number of rotatable bonds is 4. The van der Waals surface area contributed by atoms with Gasteiger partial charge in [-0.25, -0.2) is 0 Å². The number of hydrogen-bond donors (Lipinski definition) is 0. The monoisotopic (exact) mass is 246 g/mol. The molecule has 1 heterocycles. The molecule has 1 aliphatic carbocycles. The van der Waals surface area contributed by atoms with Gasteiger partial charge in [0.05, 0.1) is 8.07 Å². The smallest absolute Gasteiger partial charge is 0.0521 e. The molecule has 2 rings (SSSR count). The van der Waals surface area contributed by atoms with Crippen LogP contribution in [0.1, 0.15) is 12.8 Å². The van der Waals surface area contributed by atoms with Crippen LogP contribution in [-0.4, -0.2) is 32.1 Å². The molecule has 2 heteroatoms. The molecule has 0 unspecified atom stereocenters. The van der Waals surface area contributed by atoms with Crippen LogP contribution in [0.25, 0.3) is 0 Å². The molecule has 1 saturated carbocycles. The van der Waals surface area contributed by atoms with Gasteiger partial charge in [-0.3, -0.25) is 4.90 Å². The third-order valence-corrected chi connectivity index (χ3v) is 5.82. The molecule has 5 radical (unpaired) electrons. The predicted molar refractivity (Wildman–Crippen MR) is 77.5 cm³/mol. The quantitative estimate of drug-likeness (QED) is 0.543. The number of hydrogen-bond acceptors (Lipinski definition) is 1. The van der Waals surface area contributed by atoms with Crippen molar-refractivity contribution in [2.75, 3.05) is 13.1 Å². The molecular formula is C15H24NSi. The highest BCUT2D eigenvalue weighted by atomic mass is 28.3. The molecule has 1 saturated heterocycles. The van der Waals surface area contributed by atoms with Gasteiger partial charge in [0.2, 0.25) is 0 Å². The van der Waals surface area contributed by atoms with Gasteiger partial charge in [-0.15, -0.1) is 6.58 Å². The molecule has 2 fully saturated rings. The van der Waals surface area contributed by atoms with Crippen LogP contribution in [0.15, 0.2) is 12.7 Å². The normalized spacial score (nSPS) is 29.0. The number of likely N-dealkylation sites (tertiary alicyclic amines) is 1. The van der Waals surface area contributed by atoms with Crippen molar-refractivity contribution in [2.24, 2.45) is 0 Å². The van der Waals surface area contributed by atoms with Gasteiger partial charge in [0.15, 0.2) is 0 Å². The zero-order chi connectivity index (χ0) is 12.5. The summed E-state index contributed by atoms with van der Waals surface area (Å²) in [4.78, 5) is 2.58. The second-order valence-corrected chi connectivity index (χ2v) is 11.1. The summed E-state index contributed by atoms with van der Waals surface area (Å²) in [6.07, 6.45) is 11.6. The third kappa shape index (κ3) is 2.85. The van der Waals surface area contributed by atoms with Gasteiger partial charge in [0.1, 0.15) is 0 Å². The van der Waals surface area contributed by atoms with Crippen LogP contribution in [0.2, 0.25) is 19.6 Å². The first-order valence-corrected chi connectivity index (χ1v) is 10.1. The lowest BCUT2D eigenvalue weighted by molar-refractivity contribution is 0.297. The molecule has 93 valence electrons. The molecule has 0 bridgehead atoms. The Kier molecular flexibility index (Phi) is 4.14. The minimum Gasteiger partial charge on any atom is -0.296 e. The lowest BCUT2D eigenvalue weighted by Gasteiger charge is -2.36. The summed E-state index contributed by atoms with van der Waals surface area (Å²) in [6.45, 7) is 13.5. The van der Waals surface area contributed by atoms with Crippen molar-refractivity contribution in [1.82, 2.24) is 4.90 Å². The molecule has 1 aliphatic heterocycles. The molecule has 0 N–H and O–H groups in total. The molecular weight excluding hydrogens is 222 g/mol. The van der Waals surface area contributed by atoms with Crippen LogP contribution in [0.5, 0.6) is 0 Å². The Bertz CT molecular complexity index is 269. The highest BCUT2D eigenvalue weighted by Crippen LogP contribution is 2.45. The maximum Gasteiger partial charge on any atom is 0.0521 e. The van der Waals surface area contributed by atoms with Crippen LogP contribution >= 0.6 is 0 Å². The zero-order valence-electron chi connectivity index (χ0n) is 11.4. The Balaban J connectivity index is 2.07. The van der Waals surface area contributed by atoms with E-state index in [0.717, 1.165) is 6.54 Å². The van der Waals surface area contributed by atoms with E-state index in [9.17, 15) is 0 Å². The van der Waals surface area contributed by atoms with Crippen molar-refractivity contribution in [3.8, 4) is 0 Å². The van der Waals surface area contributed by atoms with E-state index in [-0.39, 0.29) is 0 Å². The van der Waals surface area contributed by atoms with Crippen molar-refractivity contribution in [1.29, 1.82) is 0 Å². The fourth-order valence-corrected chi connectivity index (χ4v) is 4.68. The summed E-state index contributed by atoms with van der Waals surface area (Å²) < 4.78 is 0. The van der Waals surface area contributed by atoms with E-state index < -0.39 is 8.07 Å². The maximum absolute atomic E-state index is 3.88. The van der Waals surface area contributed by atoms with Crippen molar-refractivity contribution >= 4 is 8.07 Å². The average molecular weight is 246 g/mol. The number of nitrogens with zero attached hydrogens (tertiary/aromatic N) is 1.